The topological polar surface area (TPSA) is 118 Å². The molecule has 0 fully saturated rings. The van der Waals surface area contributed by atoms with Crippen LogP contribution in [0, 0.1) is 0 Å². The van der Waals surface area contributed by atoms with Gasteiger partial charge in [-0.1, -0.05) is 30.3 Å². The summed E-state index contributed by atoms with van der Waals surface area (Å²) in [5.74, 6) is -0.194. The lowest BCUT2D eigenvalue weighted by atomic mass is 10.1. The van der Waals surface area contributed by atoms with Gasteiger partial charge in [0.1, 0.15) is 5.75 Å². The number of fused-ring (bicyclic) bond motifs is 3. The molecule has 0 bridgehead atoms. The molecule has 0 radical (unpaired) electrons. The number of likely N-dealkylation sites (N-methyl/N-ethyl adjacent to an activating group) is 1. The lowest BCUT2D eigenvalue weighted by Gasteiger charge is -2.22. The minimum Gasteiger partial charge on any atom is -0.506 e. The molecule has 0 aliphatic rings. The van der Waals surface area contributed by atoms with Gasteiger partial charge >= 0.3 is 0 Å². The Labute approximate surface area is 192 Å². The number of phenols is 1. The highest BCUT2D eigenvalue weighted by Gasteiger charge is 2.15. The van der Waals surface area contributed by atoms with Crippen molar-refractivity contribution >= 4 is 43.2 Å². The van der Waals surface area contributed by atoms with Crippen molar-refractivity contribution in [3.05, 3.63) is 66.2 Å². The highest BCUT2D eigenvalue weighted by molar-refractivity contribution is 7.92. The van der Waals surface area contributed by atoms with E-state index in [4.69, 9.17) is 0 Å². The van der Waals surface area contributed by atoms with Gasteiger partial charge < -0.3 is 25.4 Å². The summed E-state index contributed by atoms with van der Waals surface area (Å²) in [5, 5.41) is 26.3. The Morgan fingerprint density at radius 1 is 1.03 bits per heavy atom. The number of anilines is 2. The maximum Gasteiger partial charge on any atom is 0.229 e. The summed E-state index contributed by atoms with van der Waals surface area (Å²) in [7, 11) is -1.63. The van der Waals surface area contributed by atoms with E-state index in [0.717, 1.165) is 23.0 Å². The molecule has 0 amide bonds. The van der Waals surface area contributed by atoms with Crippen molar-refractivity contribution in [2.24, 2.45) is 0 Å². The number of phenolic OH excluding ortho intramolecular Hbond substituents is 1. The van der Waals surface area contributed by atoms with E-state index in [9.17, 15) is 18.6 Å². The van der Waals surface area contributed by atoms with Gasteiger partial charge in [0.2, 0.25) is 10.0 Å². The molecule has 8 nitrogen and oxygen atoms in total. The van der Waals surface area contributed by atoms with Crippen LogP contribution in [0.25, 0.3) is 21.8 Å². The quantitative estimate of drug-likeness (QED) is 0.240. The molecule has 4 rings (SSSR count). The molecular formula is C24H28N4O4S. The first-order chi connectivity index (χ1) is 15.7. The third-order valence-electron chi connectivity index (χ3n) is 5.51. The van der Waals surface area contributed by atoms with Gasteiger partial charge in [0.05, 0.1) is 18.0 Å². The standard InChI is InChI=1S/C24H28N4O4S/c1-28(15-24(30)16-7-10-23(29)22(13-16)27-33(2,31)32)12-11-25-17-8-9-19-18-5-3-4-6-20(18)26-21(19)14-17/h3-10,13-14,24-27,29-30H,11-12,15H2,1-2H3. The number of para-hydroxylation sites is 1. The van der Waals surface area contributed by atoms with Crippen LogP contribution in [0.5, 0.6) is 5.75 Å². The van der Waals surface area contributed by atoms with Crippen molar-refractivity contribution in [2.45, 2.75) is 6.10 Å². The Morgan fingerprint density at radius 3 is 2.58 bits per heavy atom. The van der Waals surface area contributed by atoms with E-state index in [2.05, 4.69) is 45.4 Å². The number of H-pyrrole nitrogens is 1. The molecule has 1 heterocycles. The fraction of sp³-hybridized carbons (Fsp3) is 0.250. The van der Waals surface area contributed by atoms with Gasteiger partial charge in [-0.15, -0.1) is 0 Å². The Kier molecular flexibility index (Phi) is 6.46. The van der Waals surface area contributed by atoms with Gasteiger partial charge in [0.15, 0.2) is 0 Å². The number of aromatic nitrogens is 1. The summed E-state index contributed by atoms with van der Waals surface area (Å²) in [6, 6.07) is 18.9. The van der Waals surface area contributed by atoms with Crippen LogP contribution < -0.4 is 10.0 Å². The first-order valence-corrected chi connectivity index (χ1v) is 12.5. The number of aliphatic hydroxyl groups is 1. The van der Waals surface area contributed by atoms with Crippen molar-refractivity contribution in [1.29, 1.82) is 0 Å². The Hall–Kier alpha value is -3.27. The first kappa shape index (κ1) is 22.9. The summed E-state index contributed by atoms with van der Waals surface area (Å²) in [6.45, 7) is 1.73. The van der Waals surface area contributed by atoms with Gasteiger partial charge in [-0.3, -0.25) is 4.72 Å². The zero-order valence-corrected chi connectivity index (χ0v) is 19.4. The molecule has 0 aliphatic carbocycles. The molecule has 9 heteroatoms. The highest BCUT2D eigenvalue weighted by Crippen LogP contribution is 2.29. The molecule has 0 saturated carbocycles. The molecule has 3 aromatic carbocycles. The number of hydrogen-bond acceptors (Lipinski definition) is 6. The molecule has 33 heavy (non-hydrogen) atoms. The van der Waals surface area contributed by atoms with E-state index >= 15 is 0 Å². The number of aromatic hydroxyl groups is 1. The predicted molar refractivity (Wildman–Crippen MR) is 133 cm³/mol. The minimum atomic E-state index is -3.54. The maximum atomic E-state index is 11.5. The van der Waals surface area contributed by atoms with Crippen molar-refractivity contribution in [1.82, 2.24) is 9.88 Å². The van der Waals surface area contributed by atoms with Crippen LogP contribution in [-0.4, -0.2) is 61.5 Å². The van der Waals surface area contributed by atoms with E-state index in [0.29, 0.717) is 25.2 Å². The van der Waals surface area contributed by atoms with E-state index < -0.39 is 16.1 Å². The fourth-order valence-corrected chi connectivity index (χ4v) is 4.45. The number of sulfonamides is 1. The van der Waals surface area contributed by atoms with E-state index in [1.807, 2.05) is 24.1 Å². The van der Waals surface area contributed by atoms with Crippen LogP contribution in [-0.2, 0) is 10.0 Å². The van der Waals surface area contributed by atoms with Crippen molar-refractivity contribution in [3.63, 3.8) is 0 Å². The maximum absolute atomic E-state index is 11.5. The molecule has 0 saturated heterocycles. The summed E-state index contributed by atoms with van der Waals surface area (Å²) < 4.78 is 25.2. The number of aromatic amines is 1. The zero-order valence-electron chi connectivity index (χ0n) is 18.5. The van der Waals surface area contributed by atoms with E-state index in [1.54, 1.807) is 6.07 Å². The van der Waals surface area contributed by atoms with Crippen molar-refractivity contribution < 1.29 is 18.6 Å². The second kappa shape index (κ2) is 9.30. The first-order valence-electron chi connectivity index (χ1n) is 10.6. The number of nitrogens with zero attached hydrogens (tertiary/aromatic N) is 1. The van der Waals surface area contributed by atoms with Gasteiger partial charge in [-0.25, -0.2) is 8.42 Å². The lowest BCUT2D eigenvalue weighted by Crippen LogP contribution is -2.29. The van der Waals surface area contributed by atoms with Crippen LogP contribution in [0.4, 0.5) is 11.4 Å². The van der Waals surface area contributed by atoms with Crippen molar-refractivity contribution in [2.75, 3.05) is 43.0 Å². The molecule has 1 unspecified atom stereocenters. The third kappa shape index (κ3) is 5.57. The Morgan fingerprint density at radius 2 is 1.79 bits per heavy atom. The molecule has 0 aliphatic heterocycles. The average Bonchev–Trinajstić information content (AvgIpc) is 3.12. The third-order valence-corrected chi connectivity index (χ3v) is 6.10. The van der Waals surface area contributed by atoms with Crippen molar-refractivity contribution in [3.8, 4) is 5.75 Å². The number of aliphatic hydroxyl groups excluding tert-OH is 1. The number of benzene rings is 3. The number of nitrogens with one attached hydrogen (secondary N) is 3. The van der Waals surface area contributed by atoms with Gasteiger partial charge in [-0.2, -0.15) is 0 Å². The van der Waals surface area contributed by atoms with Crippen LogP contribution in [0.1, 0.15) is 11.7 Å². The van der Waals surface area contributed by atoms with Crippen LogP contribution in [0.2, 0.25) is 0 Å². The predicted octanol–water partition coefficient (Wildman–Crippen LogP) is 3.48. The summed E-state index contributed by atoms with van der Waals surface area (Å²) >= 11 is 0. The molecule has 1 atom stereocenters. The Balaban J connectivity index is 1.33. The molecule has 4 aromatic rings. The van der Waals surface area contributed by atoms with Gasteiger partial charge in [0.25, 0.3) is 0 Å². The average molecular weight is 469 g/mol. The minimum absolute atomic E-state index is 0.0470. The largest absolute Gasteiger partial charge is 0.506 e. The summed E-state index contributed by atoms with van der Waals surface area (Å²) in [6.07, 6.45) is 0.171. The van der Waals surface area contributed by atoms with Gasteiger partial charge in [-0.05, 0) is 42.9 Å². The van der Waals surface area contributed by atoms with E-state index in [1.165, 1.54) is 22.9 Å². The number of hydrogen-bond donors (Lipinski definition) is 5. The number of rotatable bonds is 9. The normalized spacial score (nSPS) is 13.0. The molecule has 0 spiro atoms. The van der Waals surface area contributed by atoms with Crippen LogP contribution in [0.15, 0.2) is 60.7 Å². The summed E-state index contributed by atoms with van der Waals surface area (Å²) in [5.41, 5.74) is 3.77. The van der Waals surface area contributed by atoms with Crippen LogP contribution >= 0.6 is 0 Å². The second-order valence-corrected chi connectivity index (χ2v) is 10.0. The Bertz CT molecular complexity index is 1380. The monoisotopic (exact) mass is 468 g/mol. The molecule has 5 N–H and O–H groups in total. The molecular weight excluding hydrogens is 440 g/mol. The summed E-state index contributed by atoms with van der Waals surface area (Å²) in [4.78, 5) is 5.42. The van der Waals surface area contributed by atoms with Gasteiger partial charge in [0, 0.05) is 47.1 Å². The molecule has 174 valence electrons. The lowest BCUT2D eigenvalue weighted by molar-refractivity contribution is 0.129. The smallest absolute Gasteiger partial charge is 0.229 e. The zero-order chi connectivity index (χ0) is 23.6. The second-order valence-electron chi connectivity index (χ2n) is 8.29. The molecule has 1 aromatic heterocycles. The SMILES string of the molecule is CN(CCNc1ccc2c(c1)[nH]c1ccccc12)CC(O)c1ccc(O)c(NS(C)(=O)=O)c1. The highest BCUT2D eigenvalue weighted by atomic mass is 32.2. The fourth-order valence-electron chi connectivity index (χ4n) is 3.89. The van der Waals surface area contributed by atoms with E-state index in [-0.39, 0.29) is 11.4 Å². The van der Waals surface area contributed by atoms with Crippen LogP contribution in [0.3, 0.4) is 0 Å².